The van der Waals surface area contributed by atoms with Crippen molar-refractivity contribution in [2.75, 3.05) is 19.7 Å². The molecule has 6 nitrogen and oxygen atoms in total. The smallest absolute Gasteiger partial charge is 0.285 e. The van der Waals surface area contributed by atoms with Crippen molar-refractivity contribution < 1.29 is 19.2 Å². The van der Waals surface area contributed by atoms with E-state index in [0.29, 0.717) is 13.1 Å². The third-order valence-electron chi connectivity index (χ3n) is 3.74. The van der Waals surface area contributed by atoms with E-state index in [0.717, 1.165) is 25.0 Å². The lowest BCUT2D eigenvalue weighted by atomic mass is 9.97. The highest BCUT2D eigenvalue weighted by Gasteiger charge is 2.30. The number of rotatable bonds is 3. The Morgan fingerprint density at radius 1 is 1.57 bits per heavy atom. The zero-order chi connectivity index (χ0) is 15.6. The van der Waals surface area contributed by atoms with Gasteiger partial charge in [-0.05, 0) is 37.8 Å². The largest absolute Gasteiger partial charge is 0.396 e. The Balaban J connectivity index is 2.36. The normalized spacial score (nSPS) is 18.6. The van der Waals surface area contributed by atoms with Crippen LogP contribution in [0.25, 0.3) is 0 Å². The molecule has 1 N–H and O–H groups in total. The maximum absolute atomic E-state index is 13.5. The second kappa shape index (κ2) is 6.17. The molecule has 1 unspecified atom stereocenters. The highest BCUT2D eigenvalue weighted by molar-refractivity contribution is 5.98. The molecule has 1 fully saturated rings. The SMILES string of the molecule is Cc1cc(F)cc(C(=O)N2CCCC(CO)C2)c1[N+](=O)[O-]. The number of hydrogen-bond donors (Lipinski definition) is 1. The monoisotopic (exact) mass is 296 g/mol. The Morgan fingerprint density at radius 2 is 2.29 bits per heavy atom. The van der Waals surface area contributed by atoms with Crippen molar-refractivity contribution in [2.24, 2.45) is 5.92 Å². The number of nitrogens with zero attached hydrogens (tertiary/aromatic N) is 2. The highest BCUT2D eigenvalue weighted by Crippen LogP contribution is 2.27. The zero-order valence-electron chi connectivity index (χ0n) is 11.7. The second-order valence-corrected chi connectivity index (χ2v) is 5.32. The molecule has 1 aromatic rings. The van der Waals surface area contributed by atoms with Gasteiger partial charge in [-0.1, -0.05) is 0 Å². The van der Waals surface area contributed by atoms with Crippen LogP contribution in [0.5, 0.6) is 0 Å². The van der Waals surface area contributed by atoms with E-state index in [1.165, 1.54) is 11.8 Å². The van der Waals surface area contributed by atoms with Crippen LogP contribution >= 0.6 is 0 Å². The molecule has 0 saturated carbocycles. The van der Waals surface area contributed by atoms with E-state index in [2.05, 4.69) is 0 Å². The fourth-order valence-electron chi connectivity index (χ4n) is 2.71. The number of aliphatic hydroxyl groups is 1. The number of likely N-dealkylation sites (tertiary alicyclic amines) is 1. The minimum atomic E-state index is -0.669. The number of carbonyl (C=O) groups excluding carboxylic acids is 1. The summed E-state index contributed by atoms with van der Waals surface area (Å²) in [6.07, 6.45) is 1.53. The Morgan fingerprint density at radius 3 is 2.90 bits per heavy atom. The number of hydrogen-bond acceptors (Lipinski definition) is 4. The van der Waals surface area contributed by atoms with Crippen LogP contribution in [0.3, 0.4) is 0 Å². The Kier molecular flexibility index (Phi) is 4.52. The second-order valence-electron chi connectivity index (χ2n) is 5.32. The molecule has 1 aliphatic heterocycles. The van der Waals surface area contributed by atoms with Crippen molar-refractivity contribution in [3.8, 4) is 0 Å². The van der Waals surface area contributed by atoms with Crippen molar-refractivity contribution in [2.45, 2.75) is 19.8 Å². The van der Waals surface area contributed by atoms with Crippen LogP contribution in [-0.2, 0) is 0 Å². The predicted molar refractivity (Wildman–Crippen MR) is 73.5 cm³/mol. The van der Waals surface area contributed by atoms with E-state index in [-0.39, 0.29) is 29.3 Å². The molecule has 2 rings (SSSR count). The van der Waals surface area contributed by atoms with Gasteiger partial charge in [0.15, 0.2) is 0 Å². The number of amides is 1. The van der Waals surface area contributed by atoms with Crippen molar-refractivity contribution in [3.63, 3.8) is 0 Å². The number of piperidine rings is 1. The number of nitro groups is 1. The zero-order valence-corrected chi connectivity index (χ0v) is 11.7. The van der Waals surface area contributed by atoms with Crippen LogP contribution in [0.1, 0.15) is 28.8 Å². The van der Waals surface area contributed by atoms with Gasteiger partial charge in [-0.25, -0.2) is 4.39 Å². The number of halogens is 1. The van der Waals surface area contributed by atoms with E-state index in [9.17, 15) is 24.4 Å². The van der Waals surface area contributed by atoms with Crippen molar-refractivity contribution in [1.82, 2.24) is 4.90 Å². The molecule has 0 spiro atoms. The predicted octanol–water partition coefficient (Wildman–Crippen LogP) is 1.89. The Hall–Kier alpha value is -2.02. The van der Waals surface area contributed by atoms with Gasteiger partial charge in [0, 0.05) is 25.3 Å². The van der Waals surface area contributed by atoms with Crippen LogP contribution in [0, 0.1) is 28.8 Å². The molecule has 21 heavy (non-hydrogen) atoms. The summed E-state index contributed by atoms with van der Waals surface area (Å²) in [6.45, 7) is 2.17. The van der Waals surface area contributed by atoms with E-state index >= 15 is 0 Å². The van der Waals surface area contributed by atoms with Crippen LogP contribution in [-0.4, -0.2) is 40.5 Å². The fourth-order valence-corrected chi connectivity index (χ4v) is 2.71. The molecule has 1 amide bonds. The molecule has 0 radical (unpaired) electrons. The summed E-state index contributed by atoms with van der Waals surface area (Å²) in [5, 5.41) is 20.3. The van der Waals surface area contributed by atoms with Crippen LogP contribution in [0.2, 0.25) is 0 Å². The van der Waals surface area contributed by atoms with E-state index < -0.39 is 16.6 Å². The first-order valence-electron chi connectivity index (χ1n) is 6.78. The molecular weight excluding hydrogens is 279 g/mol. The average molecular weight is 296 g/mol. The first-order chi connectivity index (χ1) is 9.93. The van der Waals surface area contributed by atoms with E-state index in [1.807, 2.05) is 0 Å². The topological polar surface area (TPSA) is 83.7 Å². The minimum absolute atomic E-state index is 0.0311. The van der Waals surface area contributed by atoms with Crippen molar-refractivity contribution >= 4 is 11.6 Å². The van der Waals surface area contributed by atoms with Crippen LogP contribution in [0.15, 0.2) is 12.1 Å². The first kappa shape index (κ1) is 15.4. The highest BCUT2D eigenvalue weighted by atomic mass is 19.1. The molecule has 1 aromatic carbocycles. The Bertz CT molecular complexity index is 576. The number of benzene rings is 1. The molecule has 0 aromatic heterocycles. The van der Waals surface area contributed by atoms with Gasteiger partial charge in [0.2, 0.25) is 0 Å². The lowest BCUT2D eigenvalue weighted by Gasteiger charge is -2.31. The van der Waals surface area contributed by atoms with Gasteiger partial charge in [-0.2, -0.15) is 0 Å². The van der Waals surface area contributed by atoms with E-state index in [4.69, 9.17) is 0 Å². The first-order valence-corrected chi connectivity index (χ1v) is 6.78. The van der Waals surface area contributed by atoms with Gasteiger partial charge in [0.1, 0.15) is 11.4 Å². The summed E-state index contributed by atoms with van der Waals surface area (Å²) in [7, 11) is 0. The van der Waals surface area contributed by atoms with Crippen LogP contribution in [0.4, 0.5) is 10.1 Å². The lowest BCUT2D eigenvalue weighted by Crippen LogP contribution is -2.41. The number of nitro benzene ring substituents is 1. The van der Waals surface area contributed by atoms with E-state index in [1.54, 1.807) is 0 Å². The molecule has 7 heteroatoms. The fraction of sp³-hybridized carbons (Fsp3) is 0.500. The van der Waals surface area contributed by atoms with Crippen LogP contribution < -0.4 is 0 Å². The quantitative estimate of drug-likeness (QED) is 0.682. The van der Waals surface area contributed by atoms with Gasteiger partial charge < -0.3 is 10.0 Å². The summed E-state index contributed by atoms with van der Waals surface area (Å²) in [5.74, 6) is -1.25. The standard InChI is InChI=1S/C14H17FN2O4/c1-9-5-11(15)6-12(13(9)17(20)21)14(19)16-4-2-3-10(7-16)8-18/h5-6,10,18H,2-4,7-8H2,1H3. The Labute approximate surface area is 121 Å². The number of aliphatic hydroxyl groups excluding tert-OH is 1. The number of carbonyl (C=O) groups is 1. The molecule has 114 valence electrons. The van der Waals surface area contributed by atoms with Gasteiger partial charge in [0.05, 0.1) is 4.92 Å². The van der Waals surface area contributed by atoms with Gasteiger partial charge in [0.25, 0.3) is 11.6 Å². The molecule has 1 aliphatic rings. The third-order valence-corrected chi connectivity index (χ3v) is 3.74. The molecule has 1 heterocycles. The summed E-state index contributed by atoms with van der Waals surface area (Å²) in [4.78, 5) is 24.4. The summed E-state index contributed by atoms with van der Waals surface area (Å²) in [5.41, 5.74) is -0.456. The van der Waals surface area contributed by atoms with Gasteiger partial charge in [-0.3, -0.25) is 14.9 Å². The van der Waals surface area contributed by atoms with Gasteiger partial charge >= 0.3 is 0 Å². The summed E-state index contributed by atoms with van der Waals surface area (Å²) < 4.78 is 13.5. The molecule has 1 saturated heterocycles. The average Bonchev–Trinajstić information content (AvgIpc) is 2.45. The molecule has 0 aliphatic carbocycles. The number of aryl methyl sites for hydroxylation is 1. The summed E-state index contributed by atoms with van der Waals surface area (Å²) >= 11 is 0. The molecule has 1 atom stereocenters. The third kappa shape index (κ3) is 3.18. The maximum Gasteiger partial charge on any atom is 0.285 e. The lowest BCUT2D eigenvalue weighted by molar-refractivity contribution is -0.385. The van der Waals surface area contributed by atoms with Crippen molar-refractivity contribution in [1.29, 1.82) is 0 Å². The van der Waals surface area contributed by atoms with Gasteiger partial charge in [-0.15, -0.1) is 0 Å². The molecule has 0 bridgehead atoms. The maximum atomic E-state index is 13.5. The van der Waals surface area contributed by atoms with Crippen molar-refractivity contribution in [3.05, 3.63) is 39.2 Å². The minimum Gasteiger partial charge on any atom is -0.396 e. The molecular formula is C14H17FN2O4. The summed E-state index contributed by atoms with van der Waals surface area (Å²) in [6, 6.07) is 1.96.